The first-order valence-electron chi connectivity index (χ1n) is 12.1. The molecule has 0 N–H and O–H groups in total. The molecule has 0 saturated heterocycles. The third-order valence-electron chi connectivity index (χ3n) is 6.40. The Morgan fingerprint density at radius 3 is 2.47 bits per heavy atom. The van der Waals surface area contributed by atoms with Crippen LogP contribution in [0.5, 0.6) is 5.75 Å². The van der Waals surface area contributed by atoms with Crippen molar-refractivity contribution in [2.45, 2.75) is 52.5 Å². The zero-order chi connectivity index (χ0) is 24.2. The highest BCUT2D eigenvalue weighted by Crippen LogP contribution is 2.39. The molecule has 1 aliphatic heterocycles. The van der Waals surface area contributed by atoms with E-state index in [9.17, 15) is 9.59 Å². The molecule has 1 unspecified atom stereocenters. The molecule has 4 rings (SSSR count). The van der Waals surface area contributed by atoms with Crippen LogP contribution >= 0.6 is 0 Å². The minimum atomic E-state index is -0.530. The summed E-state index contributed by atoms with van der Waals surface area (Å²) in [5.41, 5.74) is 3.38. The number of fused-ring (bicyclic) bond motifs is 2. The first kappa shape index (κ1) is 24.0. The number of benzene rings is 2. The minimum Gasteiger partial charge on any atom is -0.494 e. The van der Waals surface area contributed by atoms with Crippen LogP contribution < -0.4 is 10.2 Å². The Labute approximate surface area is 200 Å². The smallest absolute Gasteiger partial charge is 0.290 e. The lowest BCUT2D eigenvalue weighted by molar-refractivity contribution is 0.0663. The van der Waals surface area contributed by atoms with Crippen LogP contribution in [-0.2, 0) is 4.74 Å². The van der Waals surface area contributed by atoms with Gasteiger partial charge in [0.05, 0.1) is 30.2 Å². The van der Waals surface area contributed by atoms with Crippen LogP contribution in [0.1, 0.15) is 71.5 Å². The first-order chi connectivity index (χ1) is 16.5. The van der Waals surface area contributed by atoms with E-state index in [1.807, 2.05) is 50.2 Å². The number of unbranched alkanes of at least 4 members (excludes halogenated alkanes) is 3. The highest BCUT2D eigenvalue weighted by Gasteiger charge is 2.42. The fourth-order valence-electron chi connectivity index (χ4n) is 4.71. The van der Waals surface area contributed by atoms with Crippen molar-refractivity contribution in [3.05, 3.63) is 74.6 Å². The molecule has 2 heterocycles. The lowest BCUT2D eigenvalue weighted by atomic mass is 9.97. The van der Waals surface area contributed by atoms with Crippen LogP contribution in [-0.4, -0.2) is 37.7 Å². The van der Waals surface area contributed by atoms with Gasteiger partial charge in [-0.05, 0) is 55.2 Å². The van der Waals surface area contributed by atoms with E-state index in [4.69, 9.17) is 13.9 Å². The predicted octanol–water partition coefficient (Wildman–Crippen LogP) is 5.56. The van der Waals surface area contributed by atoms with Gasteiger partial charge in [-0.3, -0.25) is 9.59 Å². The number of carbonyl (C=O) groups excluding carboxylic acids is 1. The zero-order valence-corrected chi connectivity index (χ0v) is 20.5. The monoisotopic (exact) mass is 463 g/mol. The Kier molecular flexibility index (Phi) is 7.37. The van der Waals surface area contributed by atoms with Crippen LogP contribution in [0.2, 0.25) is 0 Å². The number of hydrogen-bond donors (Lipinski definition) is 0. The molecule has 0 aliphatic carbocycles. The Hall–Kier alpha value is -3.12. The van der Waals surface area contributed by atoms with Gasteiger partial charge in [-0.15, -0.1) is 0 Å². The maximum atomic E-state index is 13.7. The predicted molar refractivity (Wildman–Crippen MR) is 133 cm³/mol. The molecule has 0 saturated carbocycles. The summed E-state index contributed by atoms with van der Waals surface area (Å²) in [5, 5.41) is 0.509. The molecule has 1 amide bonds. The molecule has 0 bridgehead atoms. The van der Waals surface area contributed by atoms with Crippen molar-refractivity contribution in [2.24, 2.45) is 0 Å². The fraction of sp³-hybridized carbons (Fsp3) is 0.429. The second-order valence-electron chi connectivity index (χ2n) is 9.00. The quantitative estimate of drug-likeness (QED) is 0.368. The second-order valence-corrected chi connectivity index (χ2v) is 9.00. The van der Waals surface area contributed by atoms with Gasteiger partial charge in [-0.1, -0.05) is 44.4 Å². The van der Waals surface area contributed by atoms with E-state index in [0.29, 0.717) is 36.3 Å². The summed E-state index contributed by atoms with van der Waals surface area (Å²) in [5.74, 6) is 0.624. The third kappa shape index (κ3) is 4.60. The van der Waals surface area contributed by atoms with E-state index in [0.717, 1.165) is 35.3 Å². The van der Waals surface area contributed by atoms with Crippen LogP contribution in [0.25, 0.3) is 11.0 Å². The first-order valence-corrected chi connectivity index (χ1v) is 12.1. The maximum absolute atomic E-state index is 13.7. The van der Waals surface area contributed by atoms with Gasteiger partial charge in [-0.25, -0.2) is 0 Å². The standard InChI is InChI=1S/C28H33NO5/c1-5-6-7-8-14-33-21-11-9-20(10-12-21)24-23-25(30)22-17-18(2)16-19(3)26(22)34-27(23)28(31)29(24)13-15-32-4/h9-12,16-17,24H,5-8,13-15H2,1-4H3. The Balaban J connectivity index is 1.72. The molecule has 34 heavy (non-hydrogen) atoms. The number of aryl methyl sites for hydroxylation is 2. The maximum Gasteiger partial charge on any atom is 0.290 e. The third-order valence-corrected chi connectivity index (χ3v) is 6.40. The van der Waals surface area contributed by atoms with E-state index in [1.165, 1.54) is 12.8 Å². The molecule has 6 heteroatoms. The van der Waals surface area contributed by atoms with E-state index in [1.54, 1.807) is 12.0 Å². The lowest BCUT2D eigenvalue weighted by Gasteiger charge is -2.25. The summed E-state index contributed by atoms with van der Waals surface area (Å²) in [6, 6.07) is 10.9. The van der Waals surface area contributed by atoms with E-state index in [-0.39, 0.29) is 17.1 Å². The average molecular weight is 464 g/mol. The number of ether oxygens (including phenoxy) is 2. The molecule has 0 radical (unpaired) electrons. The number of rotatable bonds is 10. The number of amides is 1. The summed E-state index contributed by atoms with van der Waals surface area (Å²) in [6.07, 6.45) is 4.59. The highest BCUT2D eigenvalue weighted by atomic mass is 16.5. The zero-order valence-electron chi connectivity index (χ0n) is 20.5. The summed E-state index contributed by atoms with van der Waals surface area (Å²) in [4.78, 5) is 28.7. The van der Waals surface area contributed by atoms with Crippen molar-refractivity contribution >= 4 is 16.9 Å². The molecule has 3 aromatic rings. The number of methoxy groups -OCH3 is 1. The molecule has 0 spiro atoms. The molecule has 1 aliphatic rings. The summed E-state index contributed by atoms with van der Waals surface area (Å²) < 4.78 is 17.2. The molecule has 0 fully saturated rings. The summed E-state index contributed by atoms with van der Waals surface area (Å²) in [7, 11) is 1.60. The molecule has 1 atom stereocenters. The molecule has 180 valence electrons. The van der Waals surface area contributed by atoms with Gasteiger partial charge in [0.25, 0.3) is 5.91 Å². The Morgan fingerprint density at radius 1 is 1.00 bits per heavy atom. The number of carbonyl (C=O) groups is 1. The van der Waals surface area contributed by atoms with E-state index in [2.05, 4.69) is 6.92 Å². The SMILES string of the molecule is CCCCCCOc1ccc(C2c3c(oc4c(C)cc(C)cc4c3=O)C(=O)N2CCOC)cc1. The summed E-state index contributed by atoms with van der Waals surface area (Å²) >= 11 is 0. The van der Waals surface area contributed by atoms with Gasteiger partial charge in [0.2, 0.25) is 5.76 Å². The van der Waals surface area contributed by atoms with Crippen molar-refractivity contribution < 1.29 is 18.7 Å². The number of nitrogens with zero attached hydrogens (tertiary/aromatic N) is 1. The van der Waals surface area contributed by atoms with E-state index >= 15 is 0 Å². The van der Waals surface area contributed by atoms with Crippen molar-refractivity contribution in [3.8, 4) is 5.75 Å². The highest BCUT2D eigenvalue weighted by molar-refractivity contribution is 5.99. The Bertz CT molecular complexity index is 1230. The number of hydrogen-bond acceptors (Lipinski definition) is 5. The normalized spacial score (nSPS) is 15.2. The fourth-order valence-corrected chi connectivity index (χ4v) is 4.71. The van der Waals surface area contributed by atoms with Crippen molar-refractivity contribution in [3.63, 3.8) is 0 Å². The van der Waals surface area contributed by atoms with Crippen LogP contribution in [0.4, 0.5) is 0 Å². The molecule has 1 aromatic heterocycles. The molecular weight excluding hydrogens is 430 g/mol. The topological polar surface area (TPSA) is 69.0 Å². The van der Waals surface area contributed by atoms with Gasteiger partial charge in [0, 0.05) is 13.7 Å². The largest absolute Gasteiger partial charge is 0.494 e. The average Bonchev–Trinajstić information content (AvgIpc) is 3.10. The molecule has 2 aromatic carbocycles. The van der Waals surface area contributed by atoms with Crippen LogP contribution in [0.3, 0.4) is 0 Å². The summed E-state index contributed by atoms with van der Waals surface area (Å²) in [6.45, 7) is 7.43. The van der Waals surface area contributed by atoms with Crippen LogP contribution in [0, 0.1) is 13.8 Å². The van der Waals surface area contributed by atoms with Gasteiger partial charge in [0.15, 0.2) is 5.43 Å². The van der Waals surface area contributed by atoms with Gasteiger partial charge >= 0.3 is 0 Å². The molecule has 6 nitrogen and oxygen atoms in total. The molecular formula is C28H33NO5. The van der Waals surface area contributed by atoms with Crippen LogP contribution in [0.15, 0.2) is 45.6 Å². The minimum absolute atomic E-state index is 0.127. The van der Waals surface area contributed by atoms with Gasteiger partial charge in [-0.2, -0.15) is 0 Å². The Morgan fingerprint density at radius 2 is 1.76 bits per heavy atom. The van der Waals surface area contributed by atoms with Crippen molar-refractivity contribution in [1.82, 2.24) is 4.90 Å². The van der Waals surface area contributed by atoms with Crippen molar-refractivity contribution in [2.75, 3.05) is 26.9 Å². The van der Waals surface area contributed by atoms with Gasteiger partial charge < -0.3 is 18.8 Å². The second kappa shape index (κ2) is 10.4. The van der Waals surface area contributed by atoms with E-state index < -0.39 is 6.04 Å². The van der Waals surface area contributed by atoms with Gasteiger partial charge in [0.1, 0.15) is 11.3 Å². The van der Waals surface area contributed by atoms with Crippen molar-refractivity contribution in [1.29, 1.82) is 0 Å². The lowest BCUT2D eigenvalue weighted by Crippen LogP contribution is -2.32.